The maximum Gasteiger partial charge on any atom is 0.161 e. The Hall–Kier alpha value is -0.630. The summed E-state index contributed by atoms with van der Waals surface area (Å²) in [5, 5.41) is 10.1. The Balaban J connectivity index is 1.89. The normalized spacial score (nSPS) is 59.5. The van der Waals surface area contributed by atoms with E-state index in [9.17, 15) is 9.90 Å². The third kappa shape index (κ3) is 1.36. The molecule has 0 aliphatic heterocycles. The predicted molar refractivity (Wildman–Crippen MR) is 87.2 cm³/mol. The Morgan fingerprint density at radius 1 is 1.23 bits per heavy atom. The molecule has 22 heavy (non-hydrogen) atoms. The Morgan fingerprint density at radius 3 is 2.64 bits per heavy atom. The summed E-state index contributed by atoms with van der Waals surface area (Å²) in [6, 6.07) is 0. The third-order valence-corrected chi connectivity index (χ3v) is 8.77. The molecule has 3 saturated carbocycles. The predicted octanol–water partition coefficient (Wildman–Crippen LogP) is 3.98. The fourth-order valence-corrected chi connectivity index (χ4v) is 7.81. The lowest BCUT2D eigenvalue weighted by molar-refractivity contribution is -0.134. The average molecular weight is 302 g/mol. The van der Waals surface area contributed by atoms with Crippen LogP contribution in [0.5, 0.6) is 0 Å². The Labute approximate surface area is 134 Å². The molecule has 1 N–H and O–H groups in total. The molecule has 0 saturated heterocycles. The maximum atomic E-state index is 12.8. The van der Waals surface area contributed by atoms with E-state index >= 15 is 0 Å². The van der Waals surface area contributed by atoms with Gasteiger partial charge in [0.05, 0.1) is 0 Å². The number of aliphatic hydroxyl groups excluding tert-OH is 1. The van der Waals surface area contributed by atoms with Gasteiger partial charge in [-0.3, -0.25) is 4.79 Å². The van der Waals surface area contributed by atoms with Gasteiger partial charge < -0.3 is 5.11 Å². The van der Waals surface area contributed by atoms with Gasteiger partial charge in [0.2, 0.25) is 0 Å². The first-order chi connectivity index (χ1) is 10.2. The highest BCUT2D eigenvalue weighted by molar-refractivity contribution is 5.96. The first-order valence-electron chi connectivity index (χ1n) is 9.07. The summed E-state index contributed by atoms with van der Waals surface area (Å²) in [6.45, 7) is 9.62. The molecule has 4 rings (SSSR count). The number of rotatable bonds is 1. The molecule has 4 aliphatic carbocycles. The van der Waals surface area contributed by atoms with Crippen molar-refractivity contribution in [1.29, 1.82) is 0 Å². The molecule has 0 aromatic carbocycles. The number of carbonyl (C=O) groups excluding carboxylic acids is 1. The van der Waals surface area contributed by atoms with E-state index < -0.39 is 0 Å². The van der Waals surface area contributed by atoms with Crippen molar-refractivity contribution in [3.05, 3.63) is 12.2 Å². The Bertz CT molecular complexity index is 566. The SMILES string of the molecule is C[C@H]1C=CC(=O)[C@]2(C)CC[C@H]3[C@@H]4[C@](C)(CO)CC[C@]4(C)C[C@]132. The van der Waals surface area contributed by atoms with Crippen LogP contribution in [0.15, 0.2) is 12.2 Å². The van der Waals surface area contributed by atoms with E-state index in [1.54, 1.807) is 0 Å². The van der Waals surface area contributed by atoms with Gasteiger partial charge in [-0.05, 0) is 72.2 Å². The quantitative estimate of drug-likeness (QED) is 0.795. The molecule has 4 aliphatic rings. The second-order valence-electron chi connectivity index (χ2n) is 9.65. The number of allylic oxidation sites excluding steroid dienone is 2. The van der Waals surface area contributed by atoms with Crippen LogP contribution in [-0.2, 0) is 4.79 Å². The van der Waals surface area contributed by atoms with Crippen LogP contribution in [0.3, 0.4) is 0 Å². The molecule has 2 nitrogen and oxygen atoms in total. The van der Waals surface area contributed by atoms with Crippen molar-refractivity contribution in [1.82, 2.24) is 0 Å². The van der Waals surface area contributed by atoms with E-state index in [0.717, 1.165) is 12.8 Å². The summed E-state index contributed by atoms with van der Waals surface area (Å²) in [4.78, 5) is 12.8. The van der Waals surface area contributed by atoms with E-state index in [0.29, 0.717) is 35.6 Å². The van der Waals surface area contributed by atoms with Gasteiger partial charge in [-0.1, -0.05) is 33.8 Å². The molecule has 0 heterocycles. The summed E-state index contributed by atoms with van der Waals surface area (Å²) in [5.41, 5.74) is 0.326. The minimum Gasteiger partial charge on any atom is -0.396 e. The van der Waals surface area contributed by atoms with E-state index in [4.69, 9.17) is 0 Å². The van der Waals surface area contributed by atoms with Gasteiger partial charge in [-0.2, -0.15) is 0 Å². The minimum atomic E-state index is -0.171. The molecule has 0 radical (unpaired) electrons. The van der Waals surface area contributed by atoms with Gasteiger partial charge in [-0.15, -0.1) is 0 Å². The molecule has 7 atom stereocenters. The largest absolute Gasteiger partial charge is 0.396 e. The lowest BCUT2D eigenvalue weighted by atomic mass is 9.52. The van der Waals surface area contributed by atoms with Crippen molar-refractivity contribution in [2.24, 2.45) is 39.4 Å². The zero-order chi connectivity index (χ0) is 16.0. The van der Waals surface area contributed by atoms with Crippen LogP contribution in [0, 0.1) is 39.4 Å². The van der Waals surface area contributed by atoms with E-state index in [1.165, 1.54) is 19.3 Å². The number of hydrogen-bond donors (Lipinski definition) is 1. The topological polar surface area (TPSA) is 37.3 Å². The molecule has 0 aromatic heterocycles. The number of hydrogen-bond acceptors (Lipinski definition) is 2. The highest BCUT2D eigenvalue weighted by atomic mass is 16.3. The fourth-order valence-electron chi connectivity index (χ4n) is 7.81. The zero-order valence-electron chi connectivity index (χ0n) is 14.5. The maximum absolute atomic E-state index is 12.8. The van der Waals surface area contributed by atoms with Gasteiger partial charge in [0.15, 0.2) is 5.78 Å². The molecule has 0 unspecified atom stereocenters. The molecule has 0 amide bonds. The van der Waals surface area contributed by atoms with Crippen LogP contribution in [0.2, 0.25) is 0 Å². The number of aliphatic hydroxyl groups is 1. The van der Waals surface area contributed by atoms with Gasteiger partial charge in [0, 0.05) is 12.0 Å². The summed E-state index contributed by atoms with van der Waals surface area (Å²) >= 11 is 0. The van der Waals surface area contributed by atoms with Crippen molar-refractivity contribution in [2.45, 2.75) is 59.8 Å². The van der Waals surface area contributed by atoms with Crippen molar-refractivity contribution in [2.75, 3.05) is 6.61 Å². The second kappa shape index (κ2) is 4.06. The van der Waals surface area contributed by atoms with Crippen molar-refractivity contribution >= 4 is 5.78 Å². The van der Waals surface area contributed by atoms with Crippen LogP contribution in [0.25, 0.3) is 0 Å². The summed E-state index contributed by atoms with van der Waals surface area (Å²) < 4.78 is 0. The third-order valence-electron chi connectivity index (χ3n) is 8.77. The summed E-state index contributed by atoms with van der Waals surface area (Å²) in [6.07, 6.45) is 9.80. The van der Waals surface area contributed by atoms with Crippen LogP contribution in [0.4, 0.5) is 0 Å². The van der Waals surface area contributed by atoms with Crippen LogP contribution < -0.4 is 0 Å². The lowest BCUT2D eigenvalue weighted by Gasteiger charge is -2.50. The van der Waals surface area contributed by atoms with Crippen molar-refractivity contribution in [3.63, 3.8) is 0 Å². The number of fused-ring (bicyclic) bond motifs is 2. The summed E-state index contributed by atoms with van der Waals surface area (Å²) in [7, 11) is 0. The Morgan fingerprint density at radius 2 is 1.95 bits per heavy atom. The second-order valence-corrected chi connectivity index (χ2v) is 9.65. The monoisotopic (exact) mass is 302 g/mol. The minimum absolute atomic E-state index is 0.0537. The van der Waals surface area contributed by atoms with Crippen LogP contribution in [-0.4, -0.2) is 17.5 Å². The molecule has 3 fully saturated rings. The zero-order valence-corrected chi connectivity index (χ0v) is 14.5. The van der Waals surface area contributed by atoms with Crippen LogP contribution in [0.1, 0.15) is 59.8 Å². The van der Waals surface area contributed by atoms with Crippen molar-refractivity contribution < 1.29 is 9.90 Å². The average Bonchev–Trinajstić information content (AvgIpc) is 3.01. The van der Waals surface area contributed by atoms with Crippen LogP contribution >= 0.6 is 0 Å². The summed E-state index contributed by atoms with van der Waals surface area (Å²) in [5.74, 6) is 2.02. The number of ketones is 1. The van der Waals surface area contributed by atoms with Crippen molar-refractivity contribution in [3.8, 4) is 0 Å². The molecule has 2 heteroatoms. The molecular weight excluding hydrogens is 272 g/mol. The van der Waals surface area contributed by atoms with E-state index in [2.05, 4.69) is 33.8 Å². The van der Waals surface area contributed by atoms with E-state index in [-0.39, 0.29) is 16.2 Å². The van der Waals surface area contributed by atoms with Gasteiger partial charge >= 0.3 is 0 Å². The Kier molecular flexibility index (Phi) is 2.76. The molecule has 1 spiro atoms. The first kappa shape index (κ1) is 14.9. The molecule has 0 bridgehead atoms. The fraction of sp³-hybridized carbons (Fsp3) is 0.850. The number of carbonyl (C=O) groups is 1. The lowest BCUT2D eigenvalue weighted by Crippen LogP contribution is -2.50. The van der Waals surface area contributed by atoms with Gasteiger partial charge in [0.25, 0.3) is 0 Å². The van der Waals surface area contributed by atoms with Gasteiger partial charge in [-0.25, -0.2) is 0 Å². The molecule has 122 valence electrons. The molecule has 0 aromatic rings. The smallest absolute Gasteiger partial charge is 0.161 e. The standard InChI is InChI=1S/C20H30O2/c1-13-5-6-15(22)19(4)8-7-14-16-17(2,11-20(13,14)19)9-10-18(16,3)12-21/h5-6,13-14,16,21H,7-12H2,1-4H3/t13-,14-,16-,17+,18-,19-,20-/m0/s1. The van der Waals surface area contributed by atoms with E-state index in [1.807, 2.05) is 6.08 Å². The molecular formula is C20H30O2. The highest BCUT2D eigenvalue weighted by Crippen LogP contribution is 2.79. The highest BCUT2D eigenvalue weighted by Gasteiger charge is 2.75. The first-order valence-corrected chi connectivity index (χ1v) is 9.07. The van der Waals surface area contributed by atoms with Gasteiger partial charge in [0.1, 0.15) is 0 Å².